The molecule has 4 rings (SSSR count). The summed E-state index contributed by atoms with van der Waals surface area (Å²) in [4.78, 5) is 26.5. The van der Waals surface area contributed by atoms with E-state index in [2.05, 4.69) is 20.3 Å². The zero-order valence-electron chi connectivity index (χ0n) is 19.8. The van der Waals surface area contributed by atoms with E-state index in [4.69, 9.17) is 0 Å². The quantitative estimate of drug-likeness (QED) is 0.375. The van der Waals surface area contributed by atoms with Crippen molar-refractivity contribution in [3.8, 4) is 0 Å². The summed E-state index contributed by atoms with van der Waals surface area (Å²) in [6.07, 6.45) is 3.00. The van der Waals surface area contributed by atoms with E-state index >= 15 is 0 Å². The first-order chi connectivity index (χ1) is 16.8. The molecule has 0 saturated heterocycles. The molecule has 0 fully saturated rings. The monoisotopic (exact) mass is 471 g/mol. The molecule has 0 bridgehead atoms. The maximum Gasteiger partial charge on any atom is 0.330 e. The topological polar surface area (TPSA) is 70.7 Å². The molecule has 0 atom stereocenters. The van der Waals surface area contributed by atoms with Crippen LogP contribution >= 0.6 is 0 Å². The molecule has 3 aromatic carbocycles. The van der Waals surface area contributed by atoms with Crippen LogP contribution in [0.2, 0.25) is 0 Å². The zero-order valence-corrected chi connectivity index (χ0v) is 19.8. The average molecular weight is 472 g/mol. The maximum atomic E-state index is 13.8. The Morgan fingerprint density at radius 1 is 1.06 bits per heavy atom. The van der Waals surface area contributed by atoms with Crippen LogP contribution < -0.4 is 10.6 Å². The highest BCUT2D eigenvalue weighted by Crippen LogP contribution is 2.38. The first kappa shape index (κ1) is 23.9. The molecule has 3 aromatic rings. The summed E-state index contributed by atoms with van der Waals surface area (Å²) in [5, 5.41) is 6.16. The first-order valence-electron chi connectivity index (χ1n) is 11.1. The van der Waals surface area contributed by atoms with Gasteiger partial charge < -0.3 is 20.3 Å². The fourth-order valence-electron chi connectivity index (χ4n) is 3.87. The average Bonchev–Trinajstić information content (AvgIpc) is 3.16. The molecule has 35 heavy (non-hydrogen) atoms. The molecule has 1 heterocycles. The summed E-state index contributed by atoms with van der Waals surface area (Å²) in [7, 11) is 5.35. The molecule has 0 aliphatic carbocycles. The molecule has 1 aliphatic rings. The number of nitrogens with one attached hydrogen (secondary N) is 2. The van der Waals surface area contributed by atoms with Gasteiger partial charge in [-0.3, -0.25) is 4.79 Å². The molecule has 178 valence electrons. The predicted octanol–water partition coefficient (Wildman–Crippen LogP) is 5.01. The third-order valence-corrected chi connectivity index (χ3v) is 5.51. The van der Waals surface area contributed by atoms with Gasteiger partial charge in [-0.15, -0.1) is 0 Å². The number of esters is 1. The zero-order chi connectivity index (χ0) is 24.9. The van der Waals surface area contributed by atoms with Crippen LogP contribution in [-0.4, -0.2) is 38.0 Å². The van der Waals surface area contributed by atoms with Crippen molar-refractivity contribution in [3.63, 3.8) is 0 Å². The SMILES string of the molecule is COC(=O)C=Cc1ccc(C(Nc2ccc(CN(C)C)cc2)=C2C(=O)Nc3cc(F)ccc32)cc1. The Bertz CT molecular complexity index is 1310. The molecule has 0 saturated carbocycles. The molecular weight excluding hydrogens is 445 g/mol. The lowest BCUT2D eigenvalue weighted by Gasteiger charge is -2.16. The normalized spacial score (nSPS) is 14.1. The van der Waals surface area contributed by atoms with Gasteiger partial charge in [0.15, 0.2) is 0 Å². The van der Waals surface area contributed by atoms with Crippen LogP contribution in [0, 0.1) is 5.82 Å². The highest BCUT2D eigenvalue weighted by molar-refractivity contribution is 6.37. The number of benzene rings is 3. The lowest BCUT2D eigenvalue weighted by molar-refractivity contribution is -0.134. The summed E-state index contributed by atoms with van der Waals surface area (Å²) < 4.78 is 18.4. The van der Waals surface area contributed by atoms with Crippen LogP contribution in [0.1, 0.15) is 22.3 Å². The van der Waals surface area contributed by atoms with Crippen LogP contribution in [-0.2, 0) is 20.9 Å². The molecule has 6 nitrogen and oxygen atoms in total. The van der Waals surface area contributed by atoms with Crippen molar-refractivity contribution in [2.75, 3.05) is 31.8 Å². The van der Waals surface area contributed by atoms with Crippen LogP contribution in [0.15, 0.2) is 72.8 Å². The molecule has 0 unspecified atom stereocenters. The number of fused-ring (bicyclic) bond motifs is 1. The van der Waals surface area contributed by atoms with Gasteiger partial charge in [0, 0.05) is 23.9 Å². The number of hydrogen-bond acceptors (Lipinski definition) is 5. The van der Waals surface area contributed by atoms with Gasteiger partial charge in [0.2, 0.25) is 0 Å². The predicted molar refractivity (Wildman–Crippen MR) is 137 cm³/mol. The van der Waals surface area contributed by atoms with Gasteiger partial charge in [-0.25, -0.2) is 9.18 Å². The van der Waals surface area contributed by atoms with Gasteiger partial charge in [-0.1, -0.05) is 36.4 Å². The second-order valence-corrected chi connectivity index (χ2v) is 8.43. The molecule has 1 amide bonds. The maximum absolute atomic E-state index is 13.8. The van der Waals surface area contributed by atoms with Crippen molar-refractivity contribution in [2.24, 2.45) is 0 Å². The number of anilines is 2. The van der Waals surface area contributed by atoms with Crippen molar-refractivity contribution in [3.05, 3.63) is 101 Å². The summed E-state index contributed by atoms with van der Waals surface area (Å²) in [6, 6.07) is 19.7. The van der Waals surface area contributed by atoms with Crippen LogP contribution in [0.4, 0.5) is 15.8 Å². The summed E-state index contributed by atoms with van der Waals surface area (Å²) in [5.74, 6) is -1.17. The largest absolute Gasteiger partial charge is 0.466 e. The highest BCUT2D eigenvalue weighted by atomic mass is 19.1. The van der Waals surface area contributed by atoms with Crippen molar-refractivity contribution in [1.29, 1.82) is 0 Å². The lowest BCUT2D eigenvalue weighted by atomic mass is 9.99. The van der Waals surface area contributed by atoms with Crippen LogP contribution in [0.5, 0.6) is 0 Å². The van der Waals surface area contributed by atoms with Crippen molar-refractivity contribution in [2.45, 2.75) is 6.54 Å². The van der Waals surface area contributed by atoms with Gasteiger partial charge in [0.05, 0.1) is 24.1 Å². The Kier molecular flexibility index (Phi) is 7.08. The number of amides is 1. The van der Waals surface area contributed by atoms with Gasteiger partial charge in [-0.05, 0) is 67.2 Å². The number of carbonyl (C=O) groups excluding carboxylic acids is 2. The Morgan fingerprint density at radius 2 is 1.77 bits per heavy atom. The number of ether oxygens (including phenoxy) is 1. The van der Waals surface area contributed by atoms with Gasteiger partial charge in [0.25, 0.3) is 5.91 Å². The number of methoxy groups -OCH3 is 1. The minimum atomic E-state index is -0.442. The van der Waals surface area contributed by atoms with Crippen LogP contribution in [0.3, 0.4) is 0 Å². The molecule has 0 aromatic heterocycles. The Balaban J connectivity index is 1.75. The molecule has 2 N–H and O–H groups in total. The van der Waals surface area contributed by atoms with Gasteiger partial charge in [0.1, 0.15) is 5.82 Å². The second kappa shape index (κ2) is 10.4. The van der Waals surface area contributed by atoms with E-state index < -0.39 is 11.8 Å². The van der Waals surface area contributed by atoms with E-state index in [0.29, 0.717) is 22.5 Å². The van der Waals surface area contributed by atoms with E-state index in [-0.39, 0.29) is 5.91 Å². The number of rotatable bonds is 7. The summed E-state index contributed by atoms with van der Waals surface area (Å²) in [6.45, 7) is 0.816. The Morgan fingerprint density at radius 3 is 2.43 bits per heavy atom. The number of hydrogen-bond donors (Lipinski definition) is 2. The molecule has 1 aliphatic heterocycles. The number of carbonyl (C=O) groups is 2. The Hall–Kier alpha value is -4.23. The van der Waals surface area contributed by atoms with E-state index in [0.717, 1.165) is 28.9 Å². The molecule has 0 spiro atoms. The van der Waals surface area contributed by atoms with E-state index in [1.807, 2.05) is 62.6 Å². The number of nitrogens with zero attached hydrogens (tertiary/aromatic N) is 1. The van der Waals surface area contributed by atoms with Crippen molar-refractivity contribution >= 4 is 40.6 Å². The Labute approximate surface area is 203 Å². The van der Waals surface area contributed by atoms with E-state index in [1.54, 1.807) is 12.1 Å². The van der Waals surface area contributed by atoms with E-state index in [9.17, 15) is 14.0 Å². The first-order valence-corrected chi connectivity index (χ1v) is 11.1. The van der Waals surface area contributed by atoms with E-state index in [1.165, 1.54) is 25.3 Å². The third kappa shape index (κ3) is 5.65. The summed E-state index contributed by atoms with van der Waals surface area (Å²) in [5.41, 5.74) is 5.62. The standard InChI is InChI=1S/C28H26FN3O3/c1-32(2)17-19-6-12-22(13-7-19)30-27(20-9-4-18(5-10-20)8-15-25(33)35-3)26-23-14-11-21(29)16-24(23)31-28(26)34/h4-16,30H,17H2,1-3H3,(H,31,34). The highest BCUT2D eigenvalue weighted by Gasteiger charge is 2.28. The van der Waals surface area contributed by atoms with Crippen molar-refractivity contribution < 1.29 is 18.7 Å². The lowest BCUT2D eigenvalue weighted by Crippen LogP contribution is -2.11. The summed E-state index contributed by atoms with van der Waals surface area (Å²) >= 11 is 0. The minimum Gasteiger partial charge on any atom is -0.466 e. The molecule has 7 heteroatoms. The third-order valence-electron chi connectivity index (χ3n) is 5.51. The van der Waals surface area contributed by atoms with Gasteiger partial charge >= 0.3 is 5.97 Å². The molecular formula is C28H26FN3O3. The van der Waals surface area contributed by atoms with Gasteiger partial charge in [-0.2, -0.15) is 0 Å². The minimum absolute atomic E-state index is 0.313. The molecule has 0 radical (unpaired) electrons. The fraction of sp³-hybridized carbons (Fsp3) is 0.143. The smallest absolute Gasteiger partial charge is 0.330 e. The van der Waals surface area contributed by atoms with Crippen LogP contribution in [0.25, 0.3) is 17.3 Å². The second-order valence-electron chi connectivity index (χ2n) is 8.43. The fourth-order valence-corrected chi connectivity index (χ4v) is 3.87. The van der Waals surface area contributed by atoms with Crippen molar-refractivity contribution in [1.82, 2.24) is 4.90 Å². The number of halogens is 1.